The molecular formula is C28H32N4O4. The Bertz CT molecular complexity index is 1160. The molecule has 2 amide bonds. The number of rotatable bonds is 7. The summed E-state index contributed by atoms with van der Waals surface area (Å²) < 4.78 is 10.6. The average molecular weight is 489 g/mol. The molecule has 3 heterocycles. The summed E-state index contributed by atoms with van der Waals surface area (Å²) in [6.45, 7) is 7.25. The summed E-state index contributed by atoms with van der Waals surface area (Å²) in [5.41, 5.74) is 3.24. The minimum atomic E-state index is -0.325. The molecule has 0 aliphatic carbocycles. The van der Waals surface area contributed by atoms with E-state index in [-0.39, 0.29) is 17.6 Å². The second kappa shape index (κ2) is 11.4. The molecule has 1 aromatic heterocycles. The van der Waals surface area contributed by atoms with Crippen LogP contribution in [0.1, 0.15) is 33.8 Å². The monoisotopic (exact) mass is 488 g/mol. The molecule has 0 atom stereocenters. The third-order valence-electron chi connectivity index (χ3n) is 6.71. The van der Waals surface area contributed by atoms with E-state index in [1.807, 2.05) is 23.1 Å². The predicted octanol–water partition coefficient (Wildman–Crippen LogP) is 4.11. The Morgan fingerprint density at radius 1 is 0.833 bits per heavy atom. The van der Waals surface area contributed by atoms with Crippen molar-refractivity contribution in [2.45, 2.75) is 12.8 Å². The number of hydrogen-bond donors (Lipinski definition) is 1. The topological polar surface area (TPSA) is 78.3 Å². The molecule has 8 nitrogen and oxygen atoms in total. The molecule has 36 heavy (non-hydrogen) atoms. The number of ether oxygens (including phenoxy) is 1. The van der Waals surface area contributed by atoms with Gasteiger partial charge < -0.3 is 24.3 Å². The highest BCUT2D eigenvalue weighted by Gasteiger charge is 2.25. The van der Waals surface area contributed by atoms with Crippen molar-refractivity contribution in [2.24, 2.45) is 0 Å². The number of fused-ring (bicyclic) bond motifs is 1. The van der Waals surface area contributed by atoms with Crippen molar-refractivity contribution in [2.75, 3.05) is 67.6 Å². The van der Waals surface area contributed by atoms with E-state index in [0.717, 1.165) is 70.2 Å². The number of nitrogens with one attached hydrogen (secondary N) is 1. The molecule has 1 N–H and O–H groups in total. The largest absolute Gasteiger partial charge is 0.459 e. The lowest BCUT2D eigenvalue weighted by atomic mass is 10.1. The number of para-hydroxylation sites is 2. The summed E-state index contributed by atoms with van der Waals surface area (Å²) in [5.74, 6) is -0.124. The van der Waals surface area contributed by atoms with Gasteiger partial charge in [0.1, 0.15) is 0 Å². The highest BCUT2D eigenvalue weighted by atomic mass is 16.5. The van der Waals surface area contributed by atoms with Gasteiger partial charge in [-0.25, -0.2) is 0 Å². The van der Waals surface area contributed by atoms with E-state index in [1.165, 1.54) is 6.26 Å². The molecule has 2 aromatic carbocycles. The number of amides is 2. The Hall–Kier alpha value is -3.62. The highest BCUT2D eigenvalue weighted by molar-refractivity contribution is 6.08. The Morgan fingerprint density at radius 2 is 1.61 bits per heavy atom. The van der Waals surface area contributed by atoms with Crippen LogP contribution in [0.5, 0.6) is 0 Å². The van der Waals surface area contributed by atoms with E-state index in [9.17, 15) is 9.59 Å². The first-order chi connectivity index (χ1) is 17.7. The molecule has 1 fully saturated rings. The quantitative estimate of drug-likeness (QED) is 0.539. The van der Waals surface area contributed by atoms with Gasteiger partial charge in [0.05, 0.1) is 30.9 Å². The third kappa shape index (κ3) is 5.61. The van der Waals surface area contributed by atoms with Crippen LogP contribution < -0.4 is 15.1 Å². The molecule has 0 bridgehead atoms. The van der Waals surface area contributed by atoms with Crippen LogP contribution in [0.2, 0.25) is 0 Å². The summed E-state index contributed by atoms with van der Waals surface area (Å²) in [7, 11) is 0. The van der Waals surface area contributed by atoms with Crippen molar-refractivity contribution >= 4 is 28.9 Å². The van der Waals surface area contributed by atoms with Gasteiger partial charge in [0.25, 0.3) is 11.8 Å². The summed E-state index contributed by atoms with van der Waals surface area (Å²) >= 11 is 0. The van der Waals surface area contributed by atoms with E-state index in [4.69, 9.17) is 9.15 Å². The summed E-state index contributed by atoms with van der Waals surface area (Å²) in [6.07, 6.45) is 3.43. The molecule has 0 spiro atoms. The van der Waals surface area contributed by atoms with E-state index in [0.29, 0.717) is 17.8 Å². The van der Waals surface area contributed by atoms with Crippen LogP contribution in [0, 0.1) is 0 Å². The molecule has 3 aromatic rings. The van der Waals surface area contributed by atoms with Gasteiger partial charge in [-0.1, -0.05) is 12.1 Å². The first-order valence-electron chi connectivity index (χ1n) is 12.6. The van der Waals surface area contributed by atoms with Crippen LogP contribution >= 0.6 is 0 Å². The number of benzene rings is 2. The SMILES string of the molecule is O=C(Nc1ccc(C(=O)N2CCCN(CCCN3CCOCC3)c3ccccc32)cc1)c1ccco1. The van der Waals surface area contributed by atoms with Gasteiger partial charge in [-0.15, -0.1) is 0 Å². The molecule has 0 radical (unpaired) electrons. The van der Waals surface area contributed by atoms with Crippen molar-refractivity contribution < 1.29 is 18.7 Å². The predicted molar refractivity (Wildman–Crippen MR) is 140 cm³/mol. The number of anilines is 3. The lowest BCUT2D eigenvalue weighted by Gasteiger charge is -2.29. The van der Waals surface area contributed by atoms with Crippen molar-refractivity contribution in [1.82, 2.24) is 4.90 Å². The van der Waals surface area contributed by atoms with E-state index in [1.54, 1.807) is 36.4 Å². The summed E-state index contributed by atoms with van der Waals surface area (Å²) in [4.78, 5) is 32.5. The van der Waals surface area contributed by atoms with Crippen LogP contribution in [-0.2, 0) is 4.74 Å². The Balaban J connectivity index is 1.25. The highest BCUT2D eigenvalue weighted by Crippen LogP contribution is 2.33. The number of furan rings is 1. The normalized spacial score (nSPS) is 16.3. The standard InChI is InChI=1S/C28H32N4O4/c33-27(26-8-3-19-36-26)29-23-11-9-22(10-12-23)28(34)32-16-5-15-31(24-6-1-2-7-25(24)32)14-4-13-30-17-20-35-21-18-30/h1-3,6-12,19H,4-5,13-18,20-21H2,(H,29,33). The summed E-state index contributed by atoms with van der Waals surface area (Å²) in [6, 6.07) is 18.5. The molecule has 2 aliphatic rings. The van der Waals surface area contributed by atoms with Gasteiger partial charge in [-0.2, -0.15) is 0 Å². The van der Waals surface area contributed by atoms with Crippen LogP contribution in [-0.4, -0.2) is 69.2 Å². The molecular weight excluding hydrogens is 456 g/mol. The minimum Gasteiger partial charge on any atom is -0.459 e. The van der Waals surface area contributed by atoms with E-state index in [2.05, 4.69) is 21.2 Å². The van der Waals surface area contributed by atoms with Crippen LogP contribution in [0.4, 0.5) is 17.1 Å². The van der Waals surface area contributed by atoms with Crippen LogP contribution in [0.15, 0.2) is 71.3 Å². The number of morpholine rings is 1. The van der Waals surface area contributed by atoms with Crippen molar-refractivity contribution in [3.8, 4) is 0 Å². The second-order valence-electron chi connectivity index (χ2n) is 9.10. The molecule has 188 valence electrons. The van der Waals surface area contributed by atoms with Gasteiger partial charge in [0, 0.05) is 50.5 Å². The average Bonchev–Trinajstić information content (AvgIpc) is 3.40. The van der Waals surface area contributed by atoms with Gasteiger partial charge >= 0.3 is 0 Å². The Labute approximate surface area is 211 Å². The zero-order chi connectivity index (χ0) is 24.7. The van der Waals surface area contributed by atoms with Crippen LogP contribution in [0.3, 0.4) is 0 Å². The molecule has 5 rings (SSSR count). The van der Waals surface area contributed by atoms with Crippen molar-refractivity contribution in [1.29, 1.82) is 0 Å². The number of carbonyl (C=O) groups is 2. The number of hydrogen-bond acceptors (Lipinski definition) is 6. The van der Waals surface area contributed by atoms with Gasteiger partial charge in [0.2, 0.25) is 0 Å². The maximum absolute atomic E-state index is 13.5. The van der Waals surface area contributed by atoms with Gasteiger partial charge in [0.15, 0.2) is 5.76 Å². The zero-order valence-electron chi connectivity index (χ0n) is 20.4. The fourth-order valence-corrected chi connectivity index (χ4v) is 4.83. The lowest BCUT2D eigenvalue weighted by Crippen LogP contribution is -2.38. The zero-order valence-corrected chi connectivity index (χ0v) is 20.4. The maximum Gasteiger partial charge on any atom is 0.291 e. The first-order valence-corrected chi connectivity index (χ1v) is 12.6. The lowest BCUT2D eigenvalue weighted by molar-refractivity contribution is 0.0376. The van der Waals surface area contributed by atoms with Crippen molar-refractivity contribution in [3.63, 3.8) is 0 Å². The van der Waals surface area contributed by atoms with Crippen molar-refractivity contribution in [3.05, 3.63) is 78.3 Å². The number of carbonyl (C=O) groups excluding carboxylic acids is 2. The summed E-state index contributed by atoms with van der Waals surface area (Å²) in [5, 5.41) is 2.79. The third-order valence-corrected chi connectivity index (χ3v) is 6.71. The molecule has 2 aliphatic heterocycles. The van der Waals surface area contributed by atoms with Gasteiger partial charge in [-0.05, 0) is 61.4 Å². The molecule has 0 unspecified atom stereocenters. The maximum atomic E-state index is 13.5. The first kappa shape index (κ1) is 24.1. The minimum absolute atomic E-state index is 0.0403. The Morgan fingerprint density at radius 3 is 2.36 bits per heavy atom. The fourth-order valence-electron chi connectivity index (χ4n) is 4.83. The fraction of sp³-hybridized carbons (Fsp3) is 0.357. The molecule has 0 saturated carbocycles. The molecule has 8 heteroatoms. The number of nitrogens with zero attached hydrogens (tertiary/aromatic N) is 3. The smallest absolute Gasteiger partial charge is 0.291 e. The van der Waals surface area contributed by atoms with Gasteiger partial charge in [-0.3, -0.25) is 14.5 Å². The second-order valence-corrected chi connectivity index (χ2v) is 9.10. The van der Waals surface area contributed by atoms with E-state index < -0.39 is 0 Å². The van der Waals surface area contributed by atoms with E-state index >= 15 is 0 Å². The molecule has 1 saturated heterocycles. The Kier molecular flexibility index (Phi) is 7.64. The van der Waals surface area contributed by atoms with Crippen LogP contribution in [0.25, 0.3) is 0 Å².